The third kappa shape index (κ3) is 8.70. The monoisotopic (exact) mass is 587 g/mol. The number of anilines is 1. The van der Waals surface area contributed by atoms with Crippen molar-refractivity contribution >= 4 is 23.4 Å². The molecular formula is C34H42FN5O3. The standard InChI is InChI=1S/C34H42FN5O3/c1-4-9-28-12-8-17-40(28)34(43)31-21-25(19-23(3)37-31)33(42)39-30(20-24-10-6-5-7-11-24)29(36)18-22(2)32(41)38-27-15-13-26(35)14-16-27/h5-7,10-11,13-16,19,21-22,28-30H,4,8-9,12,17-18,20,36H2,1-3H3,(H,38,41)(H,39,42)/t22-,28+,29+,30+/m1/s1. The Kier molecular flexibility index (Phi) is 11.0. The molecule has 1 aromatic heterocycles. The zero-order valence-electron chi connectivity index (χ0n) is 25.2. The molecule has 3 amide bonds. The maximum absolute atomic E-state index is 13.6. The molecule has 4 atom stereocenters. The highest BCUT2D eigenvalue weighted by Crippen LogP contribution is 2.24. The van der Waals surface area contributed by atoms with Gasteiger partial charge in [-0.15, -0.1) is 0 Å². The van der Waals surface area contributed by atoms with Gasteiger partial charge in [0.1, 0.15) is 11.5 Å². The Morgan fingerprint density at radius 2 is 1.81 bits per heavy atom. The van der Waals surface area contributed by atoms with Crippen LogP contribution in [0.4, 0.5) is 10.1 Å². The Morgan fingerprint density at radius 3 is 2.51 bits per heavy atom. The molecule has 0 radical (unpaired) electrons. The molecule has 3 aromatic rings. The number of aryl methyl sites for hydroxylation is 1. The molecule has 1 saturated heterocycles. The van der Waals surface area contributed by atoms with Crippen LogP contribution in [0.2, 0.25) is 0 Å². The molecule has 1 fully saturated rings. The molecule has 4 N–H and O–H groups in total. The number of halogens is 1. The molecular weight excluding hydrogens is 545 g/mol. The number of hydrogen-bond acceptors (Lipinski definition) is 5. The summed E-state index contributed by atoms with van der Waals surface area (Å²) in [6.07, 6.45) is 4.66. The van der Waals surface area contributed by atoms with Crippen LogP contribution in [0.15, 0.2) is 66.7 Å². The van der Waals surface area contributed by atoms with E-state index in [4.69, 9.17) is 5.73 Å². The fourth-order valence-electron chi connectivity index (χ4n) is 5.70. The van der Waals surface area contributed by atoms with Crippen molar-refractivity contribution in [1.29, 1.82) is 0 Å². The lowest BCUT2D eigenvalue weighted by molar-refractivity contribution is -0.119. The maximum Gasteiger partial charge on any atom is 0.272 e. The molecule has 8 nitrogen and oxygen atoms in total. The molecule has 0 aliphatic carbocycles. The number of nitrogens with zero attached hydrogens (tertiary/aromatic N) is 2. The summed E-state index contributed by atoms with van der Waals surface area (Å²) < 4.78 is 13.3. The van der Waals surface area contributed by atoms with Gasteiger partial charge in [-0.2, -0.15) is 0 Å². The minimum atomic E-state index is -0.554. The Morgan fingerprint density at radius 1 is 1.09 bits per heavy atom. The van der Waals surface area contributed by atoms with Crippen LogP contribution < -0.4 is 16.4 Å². The predicted octanol–water partition coefficient (Wildman–Crippen LogP) is 5.27. The first-order chi connectivity index (χ1) is 20.6. The van der Waals surface area contributed by atoms with Crippen LogP contribution in [0, 0.1) is 18.7 Å². The lowest BCUT2D eigenvalue weighted by Gasteiger charge is -2.27. The molecule has 0 saturated carbocycles. The van der Waals surface area contributed by atoms with E-state index in [1.807, 2.05) is 35.2 Å². The molecule has 1 aliphatic rings. The quantitative estimate of drug-likeness (QED) is 0.267. The van der Waals surface area contributed by atoms with Crippen molar-refractivity contribution in [1.82, 2.24) is 15.2 Å². The highest BCUT2D eigenvalue weighted by molar-refractivity contribution is 5.99. The van der Waals surface area contributed by atoms with Crippen LogP contribution in [0.1, 0.15) is 78.1 Å². The molecule has 4 rings (SSSR count). The highest BCUT2D eigenvalue weighted by atomic mass is 19.1. The van der Waals surface area contributed by atoms with Gasteiger partial charge < -0.3 is 21.3 Å². The topological polar surface area (TPSA) is 117 Å². The largest absolute Gasteiger partial charge is 0.347 e. The molecule has 2 aromatic carbocycles. The number of carbonyl (C=O) groups excluding carboxylic acids is 3. The summed E-state index contributed by atoms with van der Waals surface area (Å²) in [6.45, 7) is 6.36. The summed E-state index contributed by atoms with van der Waals surface area (Å²) in [6, 6.07) is 17.7. The van der Waals surface area contributed by atoms with Crippen molar-refractivity contribution in [2.75, 3.05) is 11.9 Å². The second-order valence-electron chi connectivity index (χ2n) is 11.5. The zero-order chi connectivity index (χ0) is 30.9. The lowest BCUT2D eigenvalue weighted by Crippen LogP contribution is -2.50. The number of nitrogens with one attached hydrogen (secondary N) is 2. The van der Waals surface area contributed by atoms with E-state index in [1.165, 1.54) is 24.3 Å². The third-order valence-corrected chi connectivity index (χ3v) is 8.01. The number of amides is 3. The Labute approximate surface area is 253 Å². The van der Waals surface area contributed by atoms with Gasteiger partial charge in [0.05, 0.1) is 0 Å². The molecule has 2 heterocycles. The van der Waals surface area contributed by atoms with Gasteiger partial charge in [0.2, 0.25) is 5.91 Å². The van der Waals surface area contributed by atoms with Crippen LogP contribution in [0.3, 0.4) is 0 Å². The van der Waals surface area contributed by atoms with Crippen molar-refractivity contribution in [3.05, 3.63) is 95.1 Å². The van der Waals surface area contributed by atoms with Crippen molar-refractivity contribution < 1.29 is 18.8 Å². The van der Waals surface area contributed by atoms with E-state index in [2.05, 4.69) is 22.5 Å². The van der Waals surface area contributed by atoms with Crippen molar-refractivity contribution in [3.63, 3.8) is 0 Å². The second kappa shape index (κ2) is 14.9. The van der Waals surface area contributed by atoms with E-state index in [1.54, 1.807) is 26.0 Å². The molecule has 0 unspecified atom stereocenters. The molecule has 43 heavy (non-hydrogen) atoms. The summed E-state index contributed by atoms with van der Waals surface area (Å²) >= 11 is 0. The van der Waals surface area contributed by atoms with Crippen LogP contribution in [0.25, 0.3) is 0 Å². The average molecular weight is 588 g/mol. The van der Waals surface area contributed by atoms with E-state index in [0.717, 1.165) is 31.2 Å². The highest BCUT2D eigenvalue weighted by Gasteiger charge is 2.31. The Bertz CT molecular complexity index is 1400. The van der Waals surface area contributed by atoms with E-state index in [9.17, 15) is 18.8 Å². The van der Waals surface area contributed by atoms with Gasteiger partial charge in [0.25, 0.3) is 11.8 Å². The summed E-state index contributed by atoms with van der Waals surface area (Å²) in [7, 11) is 0. The fraction of sp³-hybridized carbons (Fsp3) is 0.412. The number of rotatable bonds is 12. The number of pyridine rings is 1. The summed E-state index contributed by atoms with van der Waals surface area (Å²) in [5.74, 6) is -1.61. The average Bonchev–Trinajstić information content (AvgIpc) is 3.46. The van der Waals surface area contributed by atoms with Crippen LogP contribution in [-0.4, -0.2) is 52.3 Å². The van der Waals surface area contributed by atoms with Crippen molar-refractivity contribution in [2.45, 2.75) is 77.4 Å². The van der Waals surface area contributed by atoms with Gasteiger partial charge in [0, 0.05) is 47.5 Å². The first-order valence-electron chi connectivity index (χ1n) is 15.1. The smallest absolute Gasteiger partial charge is 0.272 e. The van der Waals surface area contributed by atoms with E-state index < -0.39 is 18.0 Å². The lowest BCUT2D eigenvalue weighted by atomic mass is 9.92. The van der Waals surface area contributed by atoms with Crippen molar-refractivity contribution in [2.24, 2.45) is 11.7 Å². The van der Waals surface area contributed by atoms with Crippen LogP contribution in [-0.2, 0) is 11.2 Å². The number of aromatic nitrogens is 1. The van der Waals surface area contributed by atoms with Gasteiger partial charge in [-0.25, -0.2) is 9.37 Å². The first kappa shape index (κ1) is 31.8. The number of likely N-dealkylation sites (tertiary alicyclic amines) is 1. The summed E-state index contributed by atoms with van der Waals surface area (Å²) in [4.78, 5) is 46.3. The van der Waals surface area contributed by atoms with Gasteiger partial charge in [-0.05, 0) is 81.0 Å². The summed E-state index contributed by atoms with van der Waals surface area (Å²) in [5.41, 5.74) is 9.34. The number of nitrogens with two attached hydrogens (primary N) is 1. The third-order valence-electron chi connectivity index (χ3n) is 8.01. The SMILES string of the molecule is CCC[C@H]1CCCN1C(=O)c1cc(C(=O)N[C@@H](Cc2ccccc2)[C@@H](N)C[C@@H](C)C(=O)Nc2ccc(F)cc2)cc(C)n1. The molecule has 228 valence electrons. The fourth-order valence-corrected chi connectivity index (χ4v) is 5.70. The van der Waals surface area contributed by atoms with Gasteiger partial charge in [-0.1, -0.05) is 50.6 Å². The minimum absolute atomic E-state index is 0.146. The summed E-state index contributed by atoms with van der Waals surface area (Å²) in [5, 5.41) is 5.88. The zero-order valence-corrected chi connectivity index (χ0v) is 25.2. The molecule has 0 spiro atoms. The van der Waals surface area contributed by atoms with E-state index in [-0.39, 0.29) is 35.3 Å². The second-order valence-corrected chi connectivity index (χ2v) is 11.5. The van der Waals surface area contributed by atoms with Crippen LogP contribution in [0.5, 0.6) is 0 Å². The maximum atomic E-state index is 13.6. The number of benzene rings is 2. The van der Waals surface area contributed by atoms with Gasteiger partial charge in [-0.3, -0.25) is 14.4 Å². The predicted molar refractivity (Wildman–Crippen MR) is 166 cm³/mol. The van der Waals surface area contributed by atoms with Gasteiger partial charge in [0.15, 0.2) is 0 Å². The minimum Gasteiger partial charge on any atom is -0.347 e. The molecule has 0 bridgehead atoms. The molecule has 9 heteroatoms. The van der Waals surface area contributed by atoms with Crippen LogP contribution >= 0.6 is 0 Å². The Hall–Kier alpha value is -4.11. The number of carbonyl (C=O) groups is 3. The number of hydrogen-bond donors (Lipinski definition) is 3. The van der Waals surface area contributed by atoms with Crippen molar-refractivity contribution in [3.8, 4) is 0 Å². The van der Waals surface area contributed by atoms with E-state index >= 15 is 0 Å². The normalized spacial score (nSPS) is 16.8. The van der Waals surface area contributed by atoms with E-state index in [0.29, 0.717) is 36.3 Å². The first-order valence-corrected chi connectivity index (χ1v) is 15.1. The Balaban J connectivity index is 1.49. The molecule has 1 aliphatic heterocycles. The van der Waals surface area contributed by atoms with Gasteiger partial charge >= 0.3 is 0 Å².